The van der Waals surface area contributed by atoms with Gasteiger partial charge in [0, 0.05) is 12.1 Å². The minimum Gasteiger partial charge on any atom is -0.355 e. The Balaban J connectivity index is 2.94. The molecule has 0 bridgehead atoms. The largest absolute Gasteiger partial charge is 0.355 e. The zero-order chi connectivity index (χ0) is 11.5. The van der Waals surface area contributed by atoms with Gasteiger partial charge in [0.1, 0.15) is 6.04 Å². The molecule has 0 saturated carbocycles. The first-order valence-electron chi connectivity index (χ1n) is 5.44. The zero-order valence-electron chi connectivity index (χ0n) is 9.71. The van der Waals surface area contributed by atoms with Gasteiger partial charge in [0.2, 0.25) is 5.91 Å². The fourth-order valence-corrected chi connectivity index (χ4v) is 2.25. The van der Waals surface area contributed by atoms with Crippen LogP contribution in [0, 0.1) is 11.3 Å². The third-order valence-electron chi connectivity index (χ3n) is 3.12. The van der Waals surface area contributed by atoms with Crippen LogP contribution in [-0.4, -0.2) is 35.5 Å². The molecule has 4 heteroatoms. The van der Waals surface area contributed by atoms with E-state index >= 15 is 0 Å². The molecular formula is C11H19N3O. The van der Waals surface area contributed by atoms with Gasteiger partial charge in [0.15, 0.2) is 0 Å². The highest BCUT2D eigenvalue weighted by Gasteiger charge is 2.37. The summed E-state index contributed by atoms with van der Waals surface area (Å²) in [6.07, 6.45) is 1.19. The molecule has 0 aromatic carbocycles. The van der Waals surface area contributed by atoms with E-state index in [1.165, 1.54) is 0 Å². The topological polar surface area (TPSA) is 56.1 Å². The van der Waals surface area contributed by atoms with Crippen LogP contribution < -0.4 is 5.32 Å². The van der Waals surface area contributed by atoms with Gasteiger partial charge in [-0.05, 0) is 26.8 Å². The van der Waals surface area contributed by atoms with Crippen molar-refractivity contribution in [3.63, 3.8) is 0 Å². The molecule has 0 aromatic heterocycles. The molecule has 1 saturated heterocycles. The number of amides is 1. The van der Waals surface area contributed by atoms with Crippen LogP contribution in [0.15, 0.2) is 0 Å². The monoisotopic (exact) mass is 209 g/mol. The minimum atomic E-state index is -0.294. The van der Waals surface area contributed by atoms with Crippen LogP contribution in [0.1, 0.15) is 33.6 Å². The van der Waals surface area contributed by atoms with Gasteiger partial charge in [-0.25, -0.2) is 0 Å². The highest BCUT2D eigenvalue weighted by molar-refractivity contribution is 5.82. The number of nitrogens with one attached hydrogen (secondary N) is 1. The second-order valence-electron chi connectivity index (χ2n) is 4.52. The molecule has 1 amide bonds. The number of rotatable bonds is 2. The molecule has 1 heterocycles. The predicted molar refractivity (Wildman–Crippen MR) is 58.1 cm³/mol. The van der Waals surface area contributed by atoms with Gasteiger partial charge < -0.3 is 5.32 Å². The maximum atomic E-state index is 11.8. The van der Waals surface area contributed by atoms with Crippen molar-refractivity contribution >= 4 is 5.91 Å². The normalized spacial score (nSPS) is 26.5. The number of carbonyl (C=O) groups excluding carboxylic acids is 1. The molecule has 0 aromatic rings. The van der Waals surface area contributed by atoms with Crippen molar-refractivity contribution in [2.45, 2.75) is 45.2 Å². The second-order valence-corrected chi connectivity index (χ2v) is 4.52. The van der Waals surface area contributed by atoms with Gasteiger partial charge in [-0.3, -0.25) is 9.69 Å². The van der Waals surface area contributed by atoms with Crippen molar-refractivity contribution in [2.75, 3.05) is 13.1 Å². The van der Waals surface area contributed by atoms with Gasteiger partial charge in [0.25, 0.3) is 0 Å². The molecule has 1 N–H and O–H groups in total. The lowest BCUT2D eigenvalue weighted by Gasteiger charge is -2.39. The Kier molecular flexibility index (Phi) is 3.70. The van der Waals surface area contributed by atoms with E-state index in [1.54, 1.807) is 0 Å². The van der Waals surface area contributed by atoms with Crippen LogP contribution in [-0.2, 0) is 4.79 Å². The number of nitrogens with zero attached hydrogens (tertiary/aromatic N) is 2. The molecule has 0 spiro atoms. The lowest BCUT2D eigenvalue weighted by molar-refractivity contribution is -0.126. The van der Waals surface area contributed by atoms with Crippen LogP contribution in [0.3, 0.4) is 0 Å². The summed E-state index contributed by atoms with van der Waals surface area (Å²) in [5.41, 5.74) is -0.0184. The van der Waals surface area contributed by atoms with Crippen LogP contribution in [0.5, 0.6) is 0 Å². The van der Waals surface area contributed by atoms with Gasteiger partial charge in [0.05, 0.1) is 12.5 Å². The Labute approximate surface area is 91.2 Å². The summed E-state index contributed by atoms with van der Waals surface area (Å²) >= 11 is 0. The van der Waals surface area contributed by atoms with E-state index in [-0.39, 0.29) is 23.9 Å². The van der Waals surface area contributed by atoms with Gasteiger partial charge in [-0.15, -0.1) is 0 Å². The smallest absolute Gasteiger partial charge is 0.238 e. The van der Waals surface area contributed by atoms with E-state index in [2.05, 4.69) is 30.1 Å². The first kappa shape index (κ1) is 12.0. The quantitative estimate of drug-likeness (QED) is 0.734. The molecule has 0 radical (unpaired) electrons. The second kappa shape index (κ2) is 4.63. The Morgan fingerprint density at radius 2 is 2.33 bits per heavy atom. The molecule has 1 aliphatic rings. The molecule has 1 rings (SSSR count). The lowest BCUT2D eigenvalue weighted by atomic mass is 9.96. The van der Waals surface area contributed by atoms with E-state index in [0.29, 0.717) is 6.54 Å². The van der Waals surface area contributed by atoms with Gasteiger partial charge >= 0.3 is 0 Å². The summed E-state index contributed by atoms with van der Waals surface area (Å²) in [6, 6.07) is 1.80. The first-order valence-corrected chi connectivity index (χ1v) is 5.44. The summed E-state index contributed by atoms with van der Waals surface area (Å²) in [7, 11) is 0. The van der Waals surface area contributed by atoms with Crippen molar-refractivity contribution in [3.05, 3.63) is 0 Å². The molecule has 1 atom stereocenters. The summed E-state index contributed by atoms with van der Waals surface area (Å²) in [5, 5.41) is 11.6. The summed E-state index contributed by atoms with van der Waals surface area (Å²) < 4.78 is 0. The predicted octanol–water partition coefficient (Wildman–Crippen LogP) is 0.889. The molecule has 1 fully saturated rings. The highest BCUT2D eigenvalue weighted by Crippen LogP contribution is 2.24. The number of carbonyl (C=O) groups is 1. The van der Waals surface area contributed by atoms with E-state index in [0.717, 1.165) is 13.0 Å². The Morgan fingerprint density at radius 1 is 1.67 bits per heavy atom. The van der Waals surface area contributed by atoms with Gasteiger partial charge in [-0.2, -0.15) is 5.26 Å². The van der Waals surface area contributed by atoms with Crippen LogP contribution >= 0.6 is 0 Å². The maximum Gasteiger partial charge on any atom is 0.238 e. The zero-order valence-corrected chi connectivity index (χ0v) is 9.71. The standard InChI is InChI=1S/C11H19N3O/c1-4-14-9(5-7-12)10(15)13-8-6-11(14,2)3/h9H,4-6,8H2,1-3H3,(H,13,15). The van der Waals surface area contributed by atoms with Crippen LogP contribution in [0.2, 0.25) is 0 Å². The van der Waals surface area contributed by atoms with E-state index in [1.807, 2.05) is 6.92 Å². The van der Waals surface area contributed by atoms with E-state index in [4.69, 9.17) is 5.26 Å². The third kappa shape index (κ3) is 2.48. The highest BCUT2D eigenvalue weighted by atomic mass is 16.2. The molecule has 1 aliphatic heterocycles. The molecule has 15 heavy (non-hydrogen) atoms. The SMILES string of the molecule is CCN1C(CC#N)C(=O)NCCC1(C)C. The molecule has 4 nitrogen and oxygen atoms in total. The Morgan fingerprint density at radius 3 is 2.87 bits per heavy atom. The van der Waals surface area contributed by atoms with Crippen LogP contribution in [0.4, 0.5) is 0 Å². The van der Waals surface area contributed by atoms with Crippen molar-refractivity contribution in [1.29, 1.82) is 5.26 Å². The number of hydrogen-bond acceptors (Lipinski definition) is 3. The lowest BCUT2D eigenvalue weighted by Crippen LogP contribution is -2.52. The molecule has 0 aliphatic carbocycles. The van der Waals surface area contributed by atoms with E-state index in [9.17, 15) is 4.79 Å². The van der Waals surface area contributed by atoms with Crippen molar-refractivity contribution in [3.8, 4) is 6.07 Å². The summed E-state index contributed by atoms with van der Waals surface area (Å²) in [5.74, 6) is -0.0102. The molecule has 1 unspecified atom stereocenters. The average molecular weight is 209 g/mol. The molecule has 84 valence electrons. The average Bonchev–Trinajstić information content (AvgIpc) is 2.25. The van der Waals surface area contributed by atoms with Crippen molar-refractivity contribution < 1.29 is 4.79 Å². The number of likely N-dealkylation sites (N-methyl/N-ethyl adjacent to an activating group) is 1. The third-order valence-corrected chi connectivity index (χ3v) is 3.12. The summed E-state index contributed by atoms with van der Waals surface area (Å²) in [6.45, 7) is 7.78. The molecular weight excluding hydrogens is 190 g/mol. The Bertz CT molecular complexity index is 280. The van der Waals surface area contributed by atoms with Crippen molar-refractivity contribution in [2.24, 2.45) is 0 Å². The fraction of sp³-hybridized carbons (Fsp3) is 0.818. The van der Waals surface area contributed by atoms with Gasteiger partial charge in [-0.1, -0.05) is 6.92 Å². The van der Waals surface area contributed by atoms with E-state index < -0.39 is 0 Å². The first-order chi connectivity index (χ1) is 7.03. The van der Waals surface area contributed by atoms with Crippen molar-refractivity contribution in [1.82, 2.24) is 10.2 Å². The maximum absolute atomic E-state index is 11.8. The minimum absolute atomic E-state index is 0.0102. The van der Waals surface area contributed by atoms with Crippen LogP contribution in [0.25, 0.3) is 0 Å². The fourth-order valence-electron chi connectivity index (χ4n) is 2.25. The number of nitriles is 1. The summed E-state index contributed by atoms with van der Waals surface area (Å²) in [4.78, 5) is 13.9. The Hall–Kier alpha value is -1.08. The number of hydrogen-bond donors (Lipinski definition) is 1.